The Balaban J connectivity index is 2.96. The van der Waals surface area contributed by atoms with Crippen molar-refractivity contribution in [2.75, 3.05) is 39.6 Å². The van der Waals surface area contributed by atoms with Crippen molar-refractivity contribution in [2.45, 2.75) is 32.3 Å². The molecule has 1 heterocycles. The molecule has 10 nitrogen and oxygen atoms in total. The van der Waals surface area contributed by atoms with Gasteiger partial charge in [0.05, 0.1) is 32.5 Å². The van der Waals surface area contributed by atoms with Crippen molar-refractivity contribution in [1.29, 1.82) is 0 Å². The molecule has 3 N–H and O–H groups in total. The van der Waals surface area contributed by atoms with Gasteiger partial charge in [0.15, 0.2) is 5.84 Å². The summed E-state index contributed by atoms with van der Waals surface area (Å²) in [7, 11) is 0. The van der Waals surface area contributed by atoms with E-state index in [0.717, 1.165) is 6.08 Å². The summed E-state index contributed by atoms with van der Waals surface area (Å²) in [6.45, 7) is 4.11. The second-order valence-electron chi connectivity index (χ2n) is 5.23. The number of nitrogens with zero attached hydrogens (tertiary/aromatic N) is 1. The molecule has 0 unspecified atom stereocenters. The average Bonchev–Trinajstić information content (AvgIpc) is 2.64. The monoisotopic (exact) mass is 374 g/mol. The molecule has 0 atom stereocenters. The number of aliphatic hydroxyl groups is 1. The van der Waals surface area contributed by atoms with Crippen molar-refractivity contribution in [2.24, 2.45) is 10.9 Å². The Bertz CT molecular complexity index is 526. The highest BCUT2D eigenvalue weighted by atomic mass is 16.7. The van der Waals surface area contributed by atoms with Gasteiger partial charge in [-0.15, -0.1) is 0 Å². The van der Waals surface area contributed by atoms with E-state index >= 15 is 0 Å². The van der Waals surface area contributed by atoms with Crippen LogP contribution in [0.2, 0.25) is 0 Å². The van der Waals surface area contributed by atoms with Gasteiger partial charge in [-0.3, -0.25) is 0 Å². The molecule has 10 heteroatoms. The zero-order chi connectivity index (χ0) is 19.4. The van der Waals surface area contributed by atoms with Crippen LogP contribution < -0.4 is 5.73 Å². The summed E-state index contributed by atoms with van der Waals surface area (Å²) in [4.78, 5) is 28.5. The van der Waals surface area contributed by atoms with Gasteiger partial charge in [-0.25, -0.2) is 9.59 Å². The van der Waals surface area contributed by atoms with E-state index in [1.165, 1.54) is 0 Å². The molecule has 0 aliphatic carbocycles. The predicted molar refractivity (Wildman–Crippen MR) is 89.9 cm³/mol. The molecule has 0 spiro atoms. The van der Waals surface area contributed by atoms with Crippen LogP contribution in [0.25, 0.3) is 0 Å². The third-order valence-corrected chi connectivity index (χ3v) is 3.49. The molecule has 1 saturated heterocycles. The van der Waals surface area contributed by atoms with E-state index < -0.39 is 23.3 Å². The first-order chi connectivity index (χ1) is 12.5. The first kappa shape index (κ1) is 21.9. The van der Waals surface area contributed by atoms with Crippen LogP contribution in [-0.4, -0.2) is 68.1 Å². The number of carbonyl (C=O) groups is 2. The van der Waals surface area contributed by atoms with E-state index in [9.17, 15) is 9.59 Å². The topological polar surface area (TPSA) is 139 Å². The number of nitrogens with two attached hydrogens (primary N) is 1. The third-order valence-electron chi connectivity index (χ3n) is 3.49. The fourth-order valence-corrected chi connectivity index (χ4v) is 2.21. The summed E-state index contributed by atoms with van der Waals surface area (Å²) in [5.74, 6) is -2.15. The van der Waals surface area contributed by atoms with Crippen LogP contribution in [0.1, 0.15) is 26.7 Å². The molecule has 1 aliphatic rings. The van der Waals surface area contributed by atoms with Crippen LogP contribution in [0.5, 0.6) is 0 Å². The summed E-state index contributed by atoms with van der Waals surface area (Å²) < 4.78 is 20.5. The fourth-order valence-electron chi connectivity index (χ4n) is 2.21. The maximum atomic E-state index is 11.9. The number of hydrogen-bond donors (Lipinski definition) is 2. The van der Waals surface area contributed by atoms with Crippen LogP contribution in [0.15, 0.2) is 17.0 Å². The van der Waals surface area contributed by atoms with Crippen LogP contribution in [0.3, 0.4) is 0 Å². The van der Waals surface area contributed by atoms with Gasteiger partial charge in [0.1, 0.15) is 5.60 Å². The number of amidine groups is 1. The number of ether oxygens (including phenoxy) is 4. The van der Waals surface area contributed by atoms with Gasteiger partial charge < -0.3 is 34.6 Å². The Hall–Kier alpha value is -2.17. The number of carbonyl (C=O) groups excluding carboxylic acids is 2. The summed E-state index contributed by atoms with van der Waals surface area (Å²) >= 11 is 0. The Kier molecular flexibility index (Phi) is 9.63. The Morgan fingerprint density at radius 1 is 1.23 bits per heavy atom. The number of oxime groups is 1. The minimum atomic E-state index is -0.981. The van der Waals surface area contributed by atoms with E-state index in [-0.39, 0.29) is 32.3 Å². The zero-order valence-corrected chi connectivity index (χ0v) is 15.1. The van der Waals surface area contributed by atoms with E-state index in [0.29, 0.717) is 26.1 Å². The van der Waals surface area contributed by atoms with Gasteiger partial charge >= 0.3 is 11.9 Å². The van der Waals surface area contributed by atoms with Gasteiger partial charge in [0.2, 0.25) is 5.76 Å². The number of esters is 2. The average molecular weight is 374 g/mol. The fraction of sp³-hybridized carbons (Fsp3) is 0.688. The van der Waals surface area contributed by atoms with Gasteiger partial charge in [-0.1, -0.05) is 5.16 Å². The normalized spacial score (nSPS) is 17.5. The molecule has 1 fully saturated rings. The highest BCUT2D eigenvalue weighted by molar-refractivity contribution is 5.95. The lowest BCUT2D eigenvalue weighted by atomic mass is 9.93. The molecular weight excluding hydrogens is 348 g/mol. The molecule has 0 amide bonds. The molecule has 1 rings (SSSR count). The molecule has 0 radical (unpaired) electrons. The molecule has 148 valence electrons. The third kappa shape index (κ3) is 6.62. The summed E-state index contributed by atoms with van der Waals surface area (Å²) in [6.07, 6.45) is 1.65. The van der Waals surface area contributed by atoms with E-state index in [1.807, 2.05) is 0 Å². The van der Waals surface area contributed by atoms with Gasteiger partial charge in [0.25, 0.3) is 0 Å². The molecule has 1 aliphatic heterocycles. The first-order valence-corrected chi connectivity index (χ1v) is 8.38. The molecule has 0 aromatic heterocycles. The maximum absolute atomic E-state index is 11.9. The Labute approximate surface area is 151 Å². The molecule has 0 aromatic carbocycles. The lowest BCUT2D eigenvalue weighted by Gasteiger charge is -2.35. The van der Waals surface area contributed by atoms with Crippen molar-refractivity contribution < 1.29 is 38.5 Å². The highest BCUT2D eigenvalue weighted by Crippen LogP contribution is 2.26. The van der Waals surface area contributed by atoms with E-state index in [1.54, 1.807) is 13.8 Å². The predicted octanol–water partition coefficient (Wildman–Crippen LogP) is -0.157. The van der Waals surface area contributed by atoms with Gasteiger partial charge in [-0.05, 0) is 13.8 Å². The second kappa shape index (κ2) is 11.4. The van der Waals surface area contributed by atoms with Crippen molar-refractivity contribution in [3.8, 4) is 0 Å². The minimum Gasteiger partial charge on any atom is -0.463 e. The standard InChI is InChI=1S/C16H26N2O8/c1-3-23-13(20)11-12(14(21)24-4-2)26-18-15(17)16(25-10-7-19)5-8-22-9-6-16/h11,19H,3-10H2,1-2H3,(H2,17,18)/b12-11+. The summed E-state index contributed by atoms with van der Waals surface area (Å²) in [5.41, 5.74) is 5.02. The Morgan fingerprint density at radius 3 is 2.46 bits per heavy atom. The van der Waals surface area contributed by atoms with E-state index in [4.69, 9.17) is 34.6 Å². The molecular formula is C16H26N2O8. The zero-order valence-electron chi connectivity index (χ0n) is 15.1. The molecule has 0 saturated carbocycles. The van der Waals surface area contributed by atoms with Crippen LogP contribution >= 0.6 is 0 Å². The van der Waals surface area contributed by atoms with E-state index in [2.05, 4.69) is 5.16 Å². The maximum Gasteiger partial charge on any atom is 0.377 e. The lowest BCUT2D eigenvalue weighted by Crippen LogP contribution is -2.51. The second-order valence-corrected chi connectivity index (χ2v) is 5.23. The summed E-state index contributed by atoms with van der Waals surface area (Å²) in [6, 6.07) is 0. The highest BCUT2D eigenvalue weighted by Gasteiger charge is 2.38. The van der Waals surface area contributed by atoms with Crippen molar-refractivity contribution in [3.63, 3.8) is 0 Å². The lowest BCUT2D eigenvalue weighted by molar-refractivity contribution is -0.144. The SMILES string of the molecule is CCOC(=O)/C=C(/ON=C(N)C1(OCCO)CCOCC1)C(=O)OCC. The van der Waals surface area contributed by atoms with Crippen molar-refractivity contribution in [3.05, 3.63) is 11.8 Å². The van der Waals surface area contributed by atoms with Gasteiger partial charge in [0, 0.05) is 26.1 Å². The number of aliphatic hydroxyl groups excluding tert-OH is 1. The van der Waals surface area contributed by atoms with Crippen molar-refractivity contribution >= 4 is 17.8 Å². The van der Waals surface area contributed by atoms with Crippen molar-refractivity contribution in [1.82, 2.24) is 0 Å². The molecule has 26 heavy (non-hydrogen) atoms. The van der Waals surface area contributed by atoms with Gasteiger partial charge in [-0.2, -0.15) is 0 Å². The quantitative estimate of drug-likeness (QED) is 0.133. The van der Waals surface area contributed by atoms with Crippen LogP contribution in [0, 0.1) is 0 Å². The van der Waals surface area contributed by atoms with Crippen LogP contribution in [0.4, 0.5) is 0 Å². The summed E-state index contributed by atoms with van der Waals surface area (Å²) in [5, 5.41) is 12.7. The largest absolute Gasteiger partial charge is 0.463 e. The Morgan fingerprint density at radius 2 is 1.88 bits per heavy atom. The molecule has 0 aromatic rings. The minimum absolute atomic E-state index is 0.0340. The first-order valence-electron chi connectivity index (χ1n) is 8.38. The molecule has 0 bridgehead atoms. The smallest absolute Gasteiger partial charge is 0.377 e. The van der Waals surface area contributed by atoms with Crippen LogP contribution in [-0.2, 0) is 33.4 Å². The number of hydrogen-bond acceptors (Lipinski definition) is 9. The number of rotatable bonds is 10.